The van der Waals surface area contributed by atoms with Gasteiger partial charge in [0.1, 0.15) is 12.4 Å². The molecule has 1 heterocycles. The van der Waals surface area contributed by atoms with Crippen LogP contribution in [0.1, 0.15) is 20.9 Å². The van der Waals surface area contributed by atoms with Gasteiger partial charge in [0.15, 0.2) is 5.69 Å². The van der Waals surface area contributed by atoms with Gasteiger partial charge in [-0.25, -0.2) is 9.78 Å². The van der Waals surface area contributed by atoms with Crippen molar-refractivity contribution in [2.45, 2.75) is 13.5 Å². The minimum Gasteiger partial charge on any atom is -0.488 e. The Kier molecular flexibility index (Phi) is 3.39. The quantitative estimate of drug-likeness (QED) is 0.905. The van der Waals surface area contributed by atoms with E-state index in [1.165, 1.54) is 16.8 Å². The van der Waals surface area contributed by atoms with Crippen molar-refractivity contribution in [1.29, 1.82) is 0 Å². The molecule has 0 bridgehead atoms. The maximum atomic E-state index is 10.8. The van der Waals surface area contributed by atoms with E-state index in [4.69, 9.17) is 9.84 Å². The van der Waals surface area contributed by atoms with Crippen LogP contribution in [0.2, 0.25) is 0 Å². The van der Waals surface area contributed by atoms with Crippen LogP contribution >= 0.6 is 11.3 Å². The number of carbonyl (C=O) groups is 1. The number of hydrogen-bond donors (Lipinski definition) is 1. The highest BCUT2D eigenvalue weighted by molar-refractivity contribution is 7.09. The number of aryl methyl sites for hydroxylation is 1. The predicted molar refractivity (Wildman–Crippen MR) is 64.6 cm³/mol. The second kappa shape index (κ2) is 4.97. The average Bonchev–Trinajstić information content (AvgIpc) is 2.74. The number of ether oxygens (including phenoxy) is 1. The maximum Gasteiger partial charge on any atom is 0.355 e. The number of carboxylic acid groups (broad SMARTS) is 1. The third kappa shape index (κ3) is 2.82. The van der Waals surface area contributed by atoms with Crippen LogP contribution in [0.5, 0.6) is 5.75 Å². The number of aromatic nitrogens is 1. The first kappa shape index (κ1) is 11.6. The Morgan fingerprint density at radius 1 is 1.53 bits per heavy atom. The SMILES string of the molecule is Cc1cccc(OCc2scnc2C(=O)O)c1. The summed E-state index contributed by atoms with van der Waals surface area (Å²) in [6.45, 7) is 2.21. The first-order valence-electron chi connectivity index (χ1n) is 5.02. The molecule has 0 radical (unpaired) electrons. The fourth-order valence-corrected chi connectivity index (χ4v) is 2.07. The van der Waals surface area contributed by atoms with Gasteiger partial charge >= 0.3 is 5.97 Å². The molecule has 1 aromatic carbocycles. The van der Waals surface area contributed by atoms with Gasteiger partial charge in [-0.2, -0.15) is 0 Å². The van der Waals surface area contributed by atoms with E-state index in [0.717, 1.165) is 11.3 Å². The molecule has 17 heavy (non-hydrogen) atoms. The van der Waals surface area contributed by atoms with Crippen molar-refractivity contribution in [3.8, 4) is 5.75 Å². The van der Waals surface area contributed by atoms with Crippen molar-refractivity contribution in [1.82, 2.24) is 4.98 Å². The largest absolute Gasteiger partial charge is 0.488 e. The summed E-state index contributed by atoms with van der Waals surface area (Å²) in [5, 5.41) is 8.88. The van der Waals surface area contributed by atoms with E-state index in [0.29, 0.717) is 4.88 Å². The summed E-state index contributed by atoms with van der Waals surface area (Å²) < 4.78 is 5.53. The van der Waals surface area contributed by atoms with Gasteiger partial charge in [0.25, 0.3) is 0 Å². The van der Waals surface area contributed by atoms with Gasteiger partial charge in [-0.3, -0.25) is 0 Å². The first-order chi connectivity index (χ1) is 8.16. The van der Waals surface area contributed by atoms with Gasteiger partial charge in [-0.15, -0.1) is 11.3 Å². The van der Waals surface area contributed by atoms with Crippen LogP contribution in [0.15, 0.2) is 29.8 Å². The van der Waals surface area contributed by atoms with Crippen molar-refractivity contribution in [2.75, 3.05) is 0 Å². The summed E-state index contributed by atoms with van der Waals surface area (Å²) in [4.78, 5) is 15.2. The van der Waals surface area contributed by atoms with Gasteiger partial charge in [0, 0.05) is 0 Å². The summed E-state index contributed by atoms with van der Waals surface area (Å²) >= 11 is 1.28. The molecule has 5 heteroatoms. The molecule has 0 aliphatic heterocycles. The highest BCUT2D eigenvalue weighted by Crippen LogP contribution is 2.18. The summed E-state index contributed by atoms with van der Waals surface area (Å²) in [5.74, 6) is -0.288. The molecule has 1 N–H and O–H groups in total. The zero-order valence-corrected chi connectivity index (χ0v) is 10.0. The third-order valence-corrected chi connectivity index (χ3v) is 3.01. The van der Waals surface area contributed by atoms with Crippen LogP contribution in [0.3, 0.4) is 0 Å². The second-order valence-electron chi connectivity index (χ2n) is 3.53. The van der Waals surface area contributed by atoms with Crippen LogP contribution in [-0.4, -0.2) is 16.1 Å². The molecule has 0 aliphatic carbocycles. The monoisotopic (exact) mass is 249 g/mol. The molecule has 0 spiro atoms. The molecular weight excluding hydrogens is 238 g/mol. The van der Waals surface area contributed by atoms with Gasteiger partial charge in [-0.1, -0.05) is 12.1 Å². The standard InChI is InChI=1S/C12H11NO3S/c1-8-3-2-4-9(5-8)16-6-10-11(12(14)15)13-7-17-10/h2-5,7H,6H2,1H3,(H,14,15). The lowest BCUT2D eigenvalue weighted by Gasteiger charge is -2.05. The minimum atomic E-state index is -1.02. The Balaban J connectivity index is 2.07. The molecular formula is C12H11NO3S. The Bertz CT molecular complexity index is 536. The van der Waals surface area contributed by atoms with Gasteiger partial charge in [-0.05, 0) is 24.6 Å². The average molecular weight is 249 g/mol. The number of aromatic carboxylic acids is 1. The second-order valence-corrected chi connectivity index (χ2v) is 4.47. The van der Waals surface area contributed by atoms with E-state index in [-0.39, 0.29) is 12.3 Å². The highest BCUT2D eigenvalue weighted by atomic mass is 32.1. The lowest BCUT2D eigenvalue weighted by atomic mass is 10.2. The van der Waals surface area contributed by atoms with E-state index in [2.05, 4.69) is 4.98 Å². The van der Waals surface area contributed by atoms with Crippen LogP contribution in [0.25, 0.3) is 0 Å². The van der Waals surface area contributed by atoms with E-state index >= 15 is 0 Å². The number of benzene rings is 1. The van der Waals surface area contributed by atoms with Crippen molar-refractivity contribution in [3.05, 3.63) is 45.9 Å². The molecule has 0 amide bonds. The predicted octanol–water partition coefficient (Wildman–Crippen LogP) is 2.73. The smallest absolute Gasteiger partial charge is 0.355 e. The van der Waals surface area contributed by atoms with Gasteiger partial charge < -0.3 is 9.84 Å². The van der Waals surface area contributed by atoms with Crippen molar-refractivity contribution in [3.63, 3.8) is 0 Å². The number of carboxylic acids is 1. The molecule has 0 saturated carbocycles. The van der Waals surface area contributed by atoms with E-state index in [1.54, 1.807) is 0 Å². The van der Waals surface area contributed by atoms with Crippen LogP contribution in [0.4, 0.5) is 0 Å². The lowest BCUT2D eigenvalue weighted by Crippen LogP contribution is -2.03. The lowest BCUT2D eigenvalue weighted by molar-refractivity contribution is 0.0688. The Morgan fingerprint density at radius 3 is 3.06 bits per heavy atom. The molecule has 1 aromatic heterocycles. The van der Waals surface area contributed by atoms with Gasteiger partial charge in [0.2, 0.25) is 0 Å². The minimum absolute atomic E-state index is 0.0719. The van der Waals surface area contributed by atoms with E-state index in [1.807, 2.05) is 31.2 Å². The fraction of sp³-hybridized carbons (Fsp3) is 0.167. The molecule has 0 unspecified atom stereocenters. The number of rotatable bonds is 4. The highest BCUT2D eigenvalue weighted by Gasteiger charge is 2.13. The summed E-state index contributed by atoms with van der Waals surface area (Å²) in [6.07, 6.45) is 0. The van der Waals surface area contributed by atoms with E-state index < -0.39 is 5.97 Å². The Labute approximate surface area is 103 Å². The zero-order chi connectivity index (χ0) is 12.3. The molecule has 0 atom stereocenters. The molecule has 0 saturated heterocycles. The molecule has 0 aliphatic rings. The summed E-state index contributed by atoms with van der Waals surface area (Å²) in [7, 11) is 0. The molecule has 2 rings (SSSR count). The molecule has 0 fully saturated rings. The Morgan fingerprint density at radius 2 is 2.35 bits per heavy atom. The normalized spacial score (nSPS) is 10.2. The van der Waals surface area contributed by atoms with Crippen LogP contribution in [-0.2, 0) is 6.61 Å². The fourth-order valence-electron chi connectivity index (χ4n) is 1.40. The van der Waals surface area contributed by atoms with Crippen molar-refractivity contribution < 1.29 is 14.6 Å². The molecule has 2 aromatic rings. The number of thiazole rings is 1. The number of nitrogens with zero attached hydrogens (tertiary/aromatic N) is 1. The maximum absolute atomic E-state index is 10.8. The van der Waals surface area contributed by atoms with Crippen molar-refractivity contribution in [2.24, 2.45) is 0 Å². The first-order valence-corrected chi connectivity index (χ1v) is 5.90. The summed E-state index contributed by atoms with van der Waals surface area (Å²) in [6, 6.07) is 7.62. The van der Waals surface area contributed by atoms with E-state index in [9.17, 15) is 4.79 Å². The number of hydrogen-bond acceptors (Lipinski definition) is 4. The third-order valence-electron chi connectivity index (χ3n) is 2.20. The molecule has 88 valence electrons. The van der Waals surface area contributed by atoms with Crippen LogP contribution in [0, 0.1) is 6.92 Å². The van der Waals surface area contributed by atoms with Crippen LogP contribution < -0.4 is 4.74 Å². The summed E-state index contributed by atoms with van der Waals surface area (Å²) in [5.41, 5.74) is 2.69. The topological polar surface area (TPSA) is 59.4 Å². The van der Waals surface area contributed by atoms with Crippen molar-refractivity contribution >= 4 is 17.3 Å². The van der Waals surface area contributed by atoms with Gasteiger partial charge in [0.05, 0.1) is 10.4 Å². The zero-order valence-electron chi connectivity index (χ0n) is 9.21. The molecule has 4 nitrogen and oxygen atoms in total. The Hall–Kier alpha value is -1.88.